The van der Waals surface area contributed by atoms with Crippen LogP contribution < -0.4 is 5.32 Å². The molecule has 2 aromatic carbocycles. The van der Waals surface area contributed by atoms with Gasteiger partial charge in [0.1, 0.15) is 0 Å². The number of nitro groups is 1. The summed E-state index contributed by atoms with van der Waals surface area (Å²) in [5.74, 6) is -0.216. The third kappa shape index (κ3) is 4.73. The van der Waals surface area contributed by atoms with Crippen LogP contribution >= 0.6 is 35.8 Å². The van der Waals surface area contributed by atoms with E-state index < -0.39 is 4.92 Å². The largest absolute Gasteiger partial charge is 0.329 e. The Hall–Kier alpha value is -1.80. The van der Waals surface area contributed by atoms with Crippen molar-refractivity contribution in [1.29, 1.82) is 0 Å². The Morgan fingerprint density at radius 3 is 2.78 bits per heavy atom. The second-order valence-corrected chi connectivity index (χ2v) is 7.20. The maximum atomic E-state index is 13.1. The van der Waals surface area contributed by atoms with Crippen molar-refractivity contribution in [3.63, 3.8) is 0 Å². The number of carbonyl (C=O) groups is 1. The van der Waals surface area contributed by atoms with Gasteiger partial charge in [0.2, 0.25) is 0 Å². The first kappa shape index (κ1) is 21.5. The molecule has 144 valence electrons. The van der Waals surface area contributed by atoms with Crippen LogP contribution in [0.1, 0.15) is 22.0 Å². The summed E-state index contributed by atoms with van der Waals surface area (Å²) in [7, 11) is 0. The fourth-order valence-electron chi connectivity index (χ4n) is 3.09. The molecule has 1 atom stereocenters. The van der Waals surface area contributed by atoms with E-state index in [4.69, 9.17) is 11.6 Å². The summed E-state index contributed by atoms with van der Waals surface area (Å²) < 4.78 is 0. The van der Waals surface area contributed by atoms with Crippen LogP contribution in [0.5, 0.6) is 0 Å². The number of hydrogen-bond donors (Lipinski definition) is 1. The highest BCUT2D eigenvalue weighted by molar-refractivity contribution is 7.98. The van der Waals surface area contributed by atoms with Gasteiger partial charge in [0, 0.05) is 36.3 Å². The van der Waals surface area contributed by atoms with Crippen molar-refractivity contribution >= 4 is 47.4 Å². The van der Waals surface area contributed by atoms with Gasteiger partial charge in [-0.3, -0.25) is 14.9 Å². The lowest BCUT2D eigenvalue weighted by Crippen LogP contribution is -2.48. The Balaban J connectivity index is 0.00000261. The minimum atomic E-state index is -0.450. The van der Waals surface area contributed by atoms with Gasteiger partial charge >= 0.3 is 0 Å². The zero-order valence-corrected chi connectivity index (χ0v) is 16.9. The van der Waals surface area contributed by atoms with Gasteiger partial charge in [-0.25, -0.2) is 0 Å². The lowest BCUT2D eigenvalue weighted by atomic mass is 10.0. The van der Waals surface area contributed by atoms with E-state index in [0.29, 0.717) is 35.1 Å². The van der Waals surface area contributed by atoms with E-state index in [9.17, 15) is 14.9 Å². The van der Waals surface area contributed by atoms with Gasteiger partial charge in [-0.1, -0.05) is 23.7 Å². The molecule has 27 heavy (non-hydrogen) atoms. The van der Waals surface area contributed by atoms with Gasteiger partial charge in [0.25, 0.3) is 11.6 Å². The van der Waals surface area contributed by atoms with Gasteiger partial charge in [-0.15, -0.1) is 24.2 Å². The normalized spacial score (nSPS) is 16.5. The predicted molar refractivity (Wildman–Crippen MR) is 110 cm³/mol. The molecule has 1 fully saturated rings. The number of nitrogens with one attached hydrogen (secondary N) is 1. The van der Waals surface area contributed by atoms with Gasteiger partial charge in [-0.2, -0.15) is 0 Å². The van der Waals surface area contributed by atoms with E-state index in [1.807, 2.05) is 18.2 Å². The van der Waals surface area contributed by atoms with Crippen LogP contribution in [-0.4, -0.2) is 41.6 Å². The average Bonchev–Trinajstić information content (AvgIpc) is 2.66. The van der Waals surface area contributed by atoms with Crippen LogP contribution in [0.15, 0.2) is 47.4 Å². The van der Waals surface area contributed by atoms with Gasteiger partial charge in [-0.05, 0) is 36.1 Å². The van der Waals surface area contributed by atoms with E-state index in [2.05, 4.69) is 5.32 Å². The van der Waals surface area contributed by atoms with E-state index in [1.165, 1.54) is 17.8 Å². The summed E-state index contributed by atoms with van der Waals surface area (Å²) in [4.78, 5) is 26.2. The molecule has 0 radical (unpaired) electrons. The first-order valence-corrected chi connectivity index (χ1v) is 9.71. The molecule has 9 heteroatoms. The van der Waals surface area contributed by atoms with Gasteiger partial charge in [0.05, 0.1) is 15.9 Å². The fraction of sp³-hybridized carbons (Fsp3) is 0.278. The minimum absolute atomic E-state index is 0. The molecule has 0 saturated carbocycles. The number of thioether (sulfide) groups is 1. The van der Waals surface area contributed by atoms with Crippen molar-refractivity contribution in [3.05, 3.63) is 68.7 Å². The van der Waals surface area contributed by atoms with Crippen molar-refractivity contribution in [3.8, 4) is 0 Å². The molecule has 0 aliphatic carbocycles. The van der Waals surface area contributed by atoms with Crippen LogP contribution in [0.25, 0.3) is 0 Å². The SMILES string of the molecule is CSc1ccc(C(=O)N2CCNCC2c2cccc(Cl)c2)cc1[N+](=O)[O-].Cl. The predicted octanol–water partition coefficient (Wildman–Crippen LogP) is 4.18. The summed E-state index contributed by atoms with van der Waals surface area (Å²) in [6.07, 6.45) is 1.77. The van der Waals surface area contributed by atoms with Crippen LogP contribution in [0.2, 0.25) is 5.02 Å². The number of benzene rings is 2. The van der Waals surface area contributed by atoms with Crippen LogP contribution in [0.3, 0.4) is 0 Å². The lowest BCUT2D eigenvalue weighted by molar-refractivity contribution is -0.387. The summed E-state index contributed by atoms with van der Waals surface area (Å²) in [6.45, 7) is 1.80. The van der Waals surface area contributed by atoms with Crippen LogP contribution in [0.4, 0.5) is 5.69 Å². The van der Waals surface area contributed by atoms with Crippen molar-refractivity contribution in [2.45, 2.75) is 10.9 Å². The van der Waals surface area contributed by atoms with Gasteiger partial charge < -0.3 is 10.2 Å². The maximum absolute atomic E-state index is 13.1. The number of halogens is 2. The number of piperazine rings is 1. The molecule has 1 N–H and O–H groups in total. The zero-order chi connectivity index (χ0) is 18.7. The molecule has 3 rings (SSSR count). The summed E-state index contributed by atoms with van der Waals surface area (Å²) >= 11 is 7.38. The maximum Gasteiger partial charge on any atom is 0.283 e. The number of hydrogen-bond acceptors (Lipinski definition) is 5. The molecular weight excluding hydrogens is 409 g/mol. The molecule has 1 saturated heterocycles. The molecule has 1 aliphatic rings. The average molecular weight is 428 g/mol. The first-order valence-electron chi connectivity index (χ1n) is 8.11. The summed E-state index contributed by atoms with van der Waals surface area (Å²) in [6, 6.07) is 11.9. The molecule has 0 spiro atoms. The number of nitrogens with zero attached hydrogens (tertiary/aromatic N) is 2. The second kappa shape index (κ2) is 9.41. The quantitative estimate of drug-likeness (QED) is 0.449. The monoisotopic (exact) mass is 427 g/mol. The van der Waals surface area contributed by atoms with Crippen molar-refractivity contribution in [2.75, 3.05) is 25.9 Å². The second-order valence-electron chi connectivity index (χ2n) is 5.92. The number of rotatable bonds is 4. The minimum Gasteiger partial charge on any atom is -0.329 e. The summed E-state index contributed by atoms with van der Waals surface area (Å²) in [5.41, 5.74) is 1.22. The Morgan fingerprint density at radius 2 is 2.11 bits per heavy atom. The smallest absolute Gasteiger partial charge is 0.283 e. The van der Waals surface area contributed by atoms with E-state index in [-0.39, 0.29) is 30.0 Å². The Labute approximate surface area is 172 Å². The summed E-state index contributed by atoms with van der Waals surface area (Å²) in [5, 5.41) is 15.2. The third-order valence-corrected chi connectivity index (χ3v) is 5.38. The number of amides is 1. The fourth-order valence-corrected chi connectivity index (χ4v) is 3.84. The van der Waals surface area contributed by atoms with E-state index in [0.717, 1.165) is 5.56 Å². The highest BCUT2D eigenvalue weighted by Gasteiger charge is 2.30. The Kier molecular flexibility index (Phi) is 7.49. The molecule has 1 heterocycles. The number of carbonyl (C=O) groups excluding carboxylic acids is 1. The van der Waals surface area contributed by atoms with Crippen molar-refractivity contribution in [1.82, 2.24) is 10.2 Å². The molecule has 6 nitrogen and oxygen atoms in total. The van der Waals surface area contributed by atoms with Gasteiger partial charge in [0.15, 0.2) is 0 Å². The molecule has 1 aliphatic heterocycles. The Bertz CT molecular complexity index is 850. The Morgan fingerprint density at radius 1 is 1.33 bits per heavy atom. The highest BCUT2D eigenvalue weighted by Crippen LogP contribution is 2.31. The number of nitro benzene ring substituents is 1. The molecule has 0 bridgehead atoms. The highest BCUT2D eigenvalue weighted by atomic mass is 35.5. The standard InChI is InChI=1S/C18H18ClN3O3S.ClH/c1-26-17-6-5-13(10-15(17)22(24)25)18(23)21-8-7-20-11-16(21)12-3-2-4-14(19)9-12;/h2-6,9-10,16,20H,7-8,11H2,1H3;1H. The lowest BCUT2D eigenvalue weighted by Gasteiger charge is -2.36. The third-order valence-electron chi connectivity index (χ3n) is 4.36. The molecule has 1 unspecified atom stereocenters. The molecule has 2 aromatic rings. The molecular formula is C18H19Cl2N3O3S. The molecule has 1 amide bonds. The zero-order valence-electron chi connectivity index (χ0n) is 14.6. The molecule has 0 aromatic heterocycles. The first-order chi connectivity index (χ1) is 12.5. The van der Waals surface area contributed by atoms with E-state index in [1.54, 1.807) is 29.4 Å². The van der Waals surface area contributed by atoms with Crippen molar-refractivity contribution < 1.29 is 9.72 Å². The van der Waals surface area contributed by atoms with Crippen LogP contribution in [-0.2, 0) is 0 Å². The topological polar surface area (TPSA) is 75.5 Å². The van der Waals surface area contributed by atoms with Crippen molar-refractivity contribution in [2.24, 2.45) is 0 Å². The van der Waals surface area contributed by atoms with Crippen LogP contribution in [0, 0.1) is 10.1 Å². The van der Waals surface area contributed by atoms with E-state index >= 15 is 0 Å².